The van der Waals surface area contributed by atoms with Gasteiger partial charge in [-0.1, -0.05) is 24.3 Å². The minimum absolute atomic E-state index is 0.251. The van der Waals surface area contributed by atoms with Gasteiger partial charge in [-0.25, -0.2) is 4.98 Å². The standard InChI is InChI=1S/C18H22N4/c1-13(21(2)3)18-20-16-6-4-5-7-17(16)22(18)12-14-8-10-15(19)11-9-14/h4-11,13H,12,19H2,1-3H3. The number of hydrogen-bond donors (Lipinski definition) is 1. The number of benzene rings is 2. The number of aromatic nitrogens is 2. The molecule has 1 aromatic heterocycles. The van der Waals surface area contributed by atoms with Crippen LogP contribution in [0.5, 0.6) is 0 Å². The van der Waals surface area contributed by atoms with Crippen molar-refractivity contribution in [3.8, 4) is 0 Å². The summed E-state index contributed by atoms with van der Waals surface area (Å²) in [6.45, 7) is 2.98. The van der Waals surface area contributed by atoms with Gasteiger partial charge in [0.05, 0.1) is 17.1 Å². The molecule has 3 rings (SSSR count). The molecule has 0 aliphatic carbocycles. The Morgan fingerprint density at radius 1 is 1.09 bits per heavy atom. The van der Waals surface area contributed by atoms with Gasteiger partial charge in [0.25, 0.3) is 0 Å². The molecule has 0 amide bonds. The van der Waals surface area contributed by atoms with Gasteiger partial charge in [-0.15, -0.1) is 0 Å². The van der Waals surface area contributed by atoms with Crippen molar-refractivity contribution in [2.24, 2.45) is 0 Å². The molecule has 4 heteroatoms. The summed E-state index contributed by atoms with van der Waals surface area (Å²) in [5, 5.41) is 0. The number of nitrogens with two attached hydrogens (primary N) is 1. The Bertz CT molecular complexity index is 771. The van der Waals surface area contributed by atoms with E-state index in [1.807, 2.05) is 18.2 Å². The molecule has 0 aliphatic heterocycles. The number of hydrogen-bond acceptors (Lipinski definition) is 3. The Kier molecular flexibility index (Phi) is 3.86. The maximum atomic E-state index is 5.78. The third-order valence-electron chi connectivity index (χ3n) is 4.15. The molecule has 0 aliphatic rings. The van der Waals surface area contributed by atoms with Gasteiger partial charge in [0.15, 0.2) is 0 Å². The summed E-state index contributed by atoms with van der Waals surface area (Å²) < 4.78 is 2.30. The number of nitrogens with zero attached hydrogens (tertiary/aromatic N) is 3. The van der Waals surface area contributed by atoms with E-state index in [-0.39, 0.29) is 6.04 Å². The Balaban J connectivity index is 2.09. The second-order valence-electron chi connectivity index (χ2n) is 5.93. The fourth-order valence-corrected chi connectivity index (χ4v) is 2.62. The normalized spacial score (nSPS) is 12.9. The number of para-hydroxylation sites is 2. The Hall–Kier alpha value is -2.33. The molecule has 4 nitrogen and oxygen atoms in total. The third-order valence-corrected chi connectivity index (χ3v) is 4.15. The molecule has 1 atom stereocenters. The Morgan fingerprint density at radius 2 is 1.77 bits per heavy atom. The quantitative estimate of drug-likeness (QED) is 0.751. The summed E-state index contributed by atoms with van der Waals surface area (Å²) in [7, 11) is 4.16. The molecule has 0 radical (unpaired) electrons. The molecule has 1 heterocycles. The molecule has 0 bridgehead atoms. The SMILES string of the molecule is CC(c1nc2ccccc2n1Cc1ccc(N)cc1)N(C)C. The van der Waals surface area contributed by atoms with Crippen LogP contribution < -0.4 is 5.73 Å². The van der Waals surface area contributed by atoms with Crippen molar-refractivity contribution in [2.75, 3.05) is 19.8 Å². The molecule has 3 aromatic rings. The summed E-state index contributed by atoms with van der Waals surface area (Å²) in [4.78, 5) is 7.03. The molecule has 2 aromatic carbocycles. The maximum absolute atomic E-state index is 5.78. The van der Waals surface area contributed by atoms with Gasteiger partial charge >= 0.3 is 0 Å². The molecular weight excluding hydrogens is 272 g/mol. The lowest BCUT2D eigenvalue weighted by atomic mass is 10.2. The van der Waals surface area contributed by atoms with E-state index in [4.69, 9.17) is 10.7 Å². The summed E-state index contributed by atoms with van der Waals surface area (Å²) in [6, 6.07) is 16.6. The van der Waals surface area contributed by atoms with Crippen LogP contribution in [0.3, 0.4) is 0 Å². The number of fused-ring (bicyclic) bond motifs is 1. The molecule has 0 fully saturated rings. The Labute approximate surface area is 131 Å². The van der Waals surface area contributed by atoms with Crippen LogP contribution in [-0.2, 0) is 6.54 Å². The number of imidazole rings is 1. The van der Waals surface area contributed by atoms with Crippen LogP contribution in [0.15, 0.2) is 48.5 Å². The van der Waals surface area contributed by atoms with E-state index in [0.717, 1.165) is 23.6 Å². The zero-order valence-electron chi connectivity index (χ0n) is 13.3. The highest BCUT2D eigenvalue weighted by Gasteiger charge is 2.18. The van der Waals surface area contributed by atoms with Gasteiger partial charge in [0.2, 0.25) is 0 Å². The number of rotatable bonds is 4. The van der Waals surface area contributed by atoms with Crippen LogP contribution in [0.1, 0.15) is 24.4 Å². The van der Waals surface area contributed by atoms with Gasteiger partial charge in [0, 0.05) is 12.2 Å². The smallest absolute Gasteiger partial charge is 0.127 e. The number of nitrogen functional groups attached to an aromatic ring is 1. The van der Waals surface area contributed by atoms with Gasteiger partial charge in [-0.2, -0.15) is 0 Å². The van der Waals surface area contributed by atoms with Gasteiger partial charge in [-0.05, 0) is 50.8 Å². The van der Waals surface area contributed by atoms with Crippen molar-refractivity contribution in [3.63, 3.8) is 0 Å². The first-order valence-corrected chi connectivity index (χ1v) is 7.52. The fourth-order valence-electron chi connectivity index (χ4n) is 2.62. The van der Waals surface area contributed by atoms with Gasteiger partial charge < -0.3 is 10.3 Å². The van der Waals surface area contributed by atoms with Crippen LogP contribution in [0, 0.1) is 0 Å². The predicted molar refractivity (Wildman–Crippen MR) is 91.8 cm³/mol. The van der Waals surface area contributed by atoms with Crippen molar-refractivity contribution >= 4 is 16.7 Å². The molecule has 0 spiro atoms. The zero-order chi connectivity index (χ0) is 15.7. The van der Waals surface area contributed by atoms with Crippen molar-refractivity contribution in [1.29, 1.82) is 0 Å². The maximum Gasteiger partial charge on any atom is 0.127 e. The van der Waals surface area contributed by atoms with E-state index in [0.29, 0.717) is 0 Å². The van der Waals surface area contributed by atoms with Gasteiger partial charge in [-0.3, -0.25) is 4.90 Å². The lowest BCUT2D eigenvalue weighted by molar-refractivity contribution is 0.303. The first kappa shape index (κ1) is 14.6. The van der Waals surface area contributed by atoms with Crippen LogP contribution in [-0.4, -0.2) is 28.5 Å². The monoisotopic (exact) mass is 294 g/mol. The van der Waals surface area contributed by atoms with E-state index < -0.39 is 0 Å². The molecule has 2 N–H and O–H groups in total. The van der Waals surface area contributed by atoms with E-state index >= 15 is 0 Å². The average molecular weight is 294 g/mol. The fraction of sp³-hybridized carbons (Fsp3) is 0.278. The first-order chi connectivity index (χ1) is 10.6. The zero-order valence-corrected chi connectivity index (χ0v) is 13.3. The molecule has 0 saturated carbocycles. The highest BCUT2D eigenvalue weighted by atomic mass is 15.2. The van der Waals surface area contributed by atoms with Gasteiger partial charge in [0.1, 0.15) is 5.82 Å². The van der Waals surface area contributed by atoms with Crippen molar-refractivity contribution in [2.45, 2.75) is 19.5 Å². The third kappa shape index (κ3) is 2.70. The van der Waals surface area contributed by atoms with Crippen LogP contribution in [0.4, 0.5) is 5.69 Å². The summed E-state index contributed by atoms with van der Waals surface area (Å²) in [6.07, 6.45) is 0. The molecular formula is C18H22N4. The van der Waals surface area contributed by atoms with E-state index in [2.05, 4.69) is 60.8 Å². The Morgan fingerprint density at radius 3 is 2.45 bits per heavy atom. The second-order valence-corrected chi connectivity index (χ2v) is 5.93. The van der Waals surface area contributed by atoms with Crippen molar-refractivity contribution < 1.29 is 0 Å². The minimum atomic E-state index is 0.251. The van der Waals surface area contributed by atoms with E-state index in [1.165, 1.54) is 11.1 Å². The minimum Gasteiger partial charge on any atom is -0.399 e. The highest BCUT2D eigenvalue weighted by molar-refractivity contribution is 5.76. The first-order valence-electron chi connectivity index (χ1n) is 7.52. The molecule has 1 unspecified atom stereocenters. The van der Waals surface area contributed by atoms with Crippen molar-refractivity contribution in [1.82, 2.24) is 14.5 Å². The lowest BCUT2D eigenvalue weighted by Crippen LogP contribution is -2.21. The van der Waals surface area contributed by atoms with Crippen molar-refractivity contribution in [3.05, 3.63) is 59.9 Å². The van der Waals surface area contributed by atoms with Crippen LogP contribution in [0.2, 0.25) is 0 Å². The highest BCUT2D eigenvalue weighted by Crippen LogP contribution is 2.24. The molecule has 114 valence electrons. The van der Waals surface area contributed by atoms with Crippen LogP contribution in [0.25, 0.3) is 11.0 Å². The lowest BCUT2D eigenvalue weighted by Gasteiger charge is -2.21. The van der Waals surface area contributed by atoms with E-state index in [1.54, 1.807) is 0 Å². The van der Waals surface area contributed by atoms with E-state index in [9.17, 15) is 0 Å². The number of anilines is 1. The van der Waals surface area contributed by atoms with Crippen LogP contribution >= 0.6 is 0 Å². The summed E-state index contributed by atoms with van der Waals surface area (Å²) in [5.41, 5.74) is 10.0. The summed E-state index contributed by atoms with van der Waals surface area (Å²) in [5.74, 6) is 1.09. The largest absolute Gasteiger partial charge is 0.399 e. The predicted octanol–water partition coefficient (Wildman–Crippen LogP) is 3.29. The molecule has 22 heavy (non-hydrogen) atoms. The molecule has 0 saturated heterocycles. The topological polar surface area (TPSA) is 47.1 Å². The summed E-state index contributed by atoms with van der Waals surface area (Å²) >= 11 is 0. The average Bonchev–Trinajstić information content (AvgIpc) is 2.87. The second kappa shape index (κ2) is 5.81.